The summed E-state index contributed by atoms with van der Waals surface area (Å²) in [6.45, 7) is 6.81. The first-order chi connectivity index (χ1) is 8.00. The molecule has 0 aliphatic heterocycles. The van der Waals surface area contributed by atoms with E-state index < -0.39 is 0 Å². The topological polar surface area (TPSA) is 26.3 Å². The first-order valence-corrected chi connectivity index (χ1v) is 7.11. The van der Waals surface area contributed by atoms with Crippen molar-refractivity contribution in [1.82, 2.24) is 0 Å². The fourth-order valence-corrected chi connectivity index (χ4v) is 2.54. The molecule has 0 spiro atoms. The van der Waals surface area contributed by atoms with Gasteiger partial charge in [0.2, 0.25) is 5.78 Å². The maximum absolute atomic E-state index is 11.9. The number of ether oxygens (including phenoxy) is 1. The number of carbonyl (C=O) groups excluding carboxylic acids is 1. The Bertz CT molecular complexity index is 360. The molecular formula is C13H19ClO2S. The van der Waals surface area contributed by atoms with Gasteiger partial charge in [-0.1, -0.05) is 25.4 Å². The van der Waals surface area contributed by atoms with Crippen molar-refractivity contribution in [3.05, 3.63) is 21.3 Å². The molecular weight excluding hydrogens is 256 g/mol. The van der Waals surface area contributed by atoms with E-state index in [1.807, 2.05) is 0 Å². The molecule has 0 aromatic carbocycles. The molecule has 1 unspecified atom stereocenters. The highest BCUT2D eigenvalue weighted by Gasteiger charge is 2.17. The smallest absolute Gasteiger partial charge is 0.201 e. The Morgan fingerprint density at radius 1 is 1.41 bits per heavy atom. The highest BCUT2D eigenvalue weighted by molar-refractivity contribution is 7.18. The van der Waals surface area contributed by atoms with Gasteiger partial charge < -0.3 is 4.74 Å². The van der Waals surface area contributed by atoms with Crippen molar-refractivity contribution in [3.8, 4) is 0 Å². The van der Waals surface area contributed by atoms with E-state index in [1.54, 1.807) is 19.1 Å². The summed E-state index contributed by atoms with van der Waals surface area (Å²) >= 11 is 7.10. The molecule has 96 valence electrons. The predicted octanol–water partition coefficient (Wildman–Crippen LogP) is 4.43. The van der Waals surface area contributed by atoms with Gasteiger partial charge in [0.15, 0.2) is 0 Å². The maximum Gasteiger partial charge on any atom is 0.201 e. The van der Waals surface area contributed by atoms with Gasteiger partial charge in [-0.25, -0.2) is 0 Å². The van der Waals surface area contributed by atoms with Gasteiger partial charge in [-0.2, -0.15) is 0 Å². The molecule has 0 aliphatic rings. The van der Waals surface area contributed by atoms with Crippen molar-refractivity contribution >= 4 is 28.7 Å². The molecule has 1 aromatic heterocycles. The number of carbonyl (C=O) groups is 1. The Hall–Kier alpha value is -0.380. The van der Waals surface area contributed by atoms with E-state index in [4.69, 9.17) is 16.3 Å². The Kier molecular flexibility index (Phi) is 6.17. The van der Waals surface area contributed by atoms with Gasteiger partial charge in [-0.05, 0) is 37.8 Å². The predicted molar refractivity (Wildman–Crippen MR) is 73.1 cm³/mol. The van der Waals surface area contributed by atoms with Gasteiger partial charge in [0, 0.05) is 6.61 Å². The minimum absolute atomic E-state index is 0.0199. The summed E-state index contributed by atoms with van der Waals surface area (Å²) in [4.78, 5) is 12.6. The summed E-state index contributed by atoms with van der Waals surface area (Å²) in [5.74, 6) is 0.701. The van der Waals surface area contributed by atoms with E-state index in [0.29, 0.717) is 21.7 Å². The number of halogens is 1. The van der Waals surface area contributed by atoms with E-state index in [2.05, 4.69) is 13.8 Å². The number of rotatable bonds is 7. The molecule has 0 fully saturated rings. The van der Waals surface area contributed by atoms with Crippen LogP contribution in [0.15, 0.2) is 12.1 Å². The van der Waals surface area contributed by atoms with Crippen LogP contribution in [0.4, 0.5) is 0 Å². The van der Waals surface area contributed by atoms with Crippen molar-refractivity contribution in [2.45, 2.75) is 39.7 Å². The van der Waals surface area contributed by atoms with Crippen LogP contribution in [0.25, 0.3) is 0 Å². The van der Waals surface area contributed by atoms with Gasteiger partial charge in [0.05, 0.1) is 9.21 Å². The lowest BCUT2D eigenvalue weighted by Gasteiger charge is -2.11. The van der Waals surface area contributed by atoms with Crippen molar-refractivity contribution in [2.75, 3.05) is 6.61 Å². The molecule has 0 saturated heterocycles. The second kappa shape index (κ2) is 7.14. The number of ketones is 1. The van der Waals surface area contributed by atoms with Gasteiger partial charge in [-0.15, -0.1) is 11.3 Å². The SMILES string of the molecule is CC(C)CCCOC(C)C(=O)c1ccc(Cl)s1. The van der Waals surface area contributed by atoms with Crippen LogP contribution in [0, 0.1) is 5.92 Å². The molecule has 17 heavy (non-hydrogen) atoms. The van der Waals surface area contributed by atoms with Crippen LogP contribution in [0.5, 0.6) is 0 Å². The zero-order valence-corrected chi connectivity index (χ0v) is 12.1. The fourth-order valence-electron chi connectivity index (χ4n) is 1.47. The summed E-state index contributed by atoms with van der Waals surface area (Å²) < 4.78 is 6.17. The first-order valence-electron chi connectivity index (χ1n) is 5.92. The molecule has 1 atom stereocenters. The molecule has 4 heteroatoms. The van der Waals surface area contributed by atoms with Crippen LogP contribution in [0.2, 0.25) is 4.34 Å². The molecule has 0 N–H and O–H groups in total. The van der Waals surface area contributed by atoms with Crippen molar-refractivity contribution in [3.63, 3.8) is 0 Å². The minimum atomic E-state index is -0.378. The highest BCUT2D eigenvalue weighted by Crippen LogP contribution is 2.23. The number of Topliss-reactive ketones (excluding diaryl/α,β-unsaturated/α-hetero) is 1. The van der Waals surface area contributed by atoms with Crippen LogP contribution in [0.3, 0.4) is 0 Å². The Labute approximate surface area is 112 Å². The van der Waals surface area contributed by atoms with Crippen molar-refractivity contribution in [2.24, 2.45) is 5.92 Å². The third-order valence-corrected chi connectivity index (χ3v) is 3.72. The molecule has 1 heterocycles. The van der Waals surface area contributed by atoms with Gasteiger partial charge >= 0.3 is 0 Å². The van der Waals surface area contributed by atoms with E-state index in [0.717, 1.165) is 12.8 Å². The molecule has 0 radical (unpaired) electrons. The zero-order valence-electron chi connectivity index (χ0n) is 10.5. The van der Waals surface area contributed by atoms with Gasteiger partial charge in [-0.3, -0.25) is 4.79 Å². The van der Waals surface area contributed by atoms with Gasteiger partial charge in [0.1, 0.15) is 6.10 Å². The summed E-state index contributed by atoms with van der Waals surface area (Å²) in [7, 11) is 0. The molecule has 2 nitrogen and oxygen atoms in total. The quantitative estimate of drug-likeness (QED) is 0.543. The standard InChI is InChI=1S/C13H19ClO2S/c1-9(2)5-4-8-16-10(3)13(15)11-6-7-12(14)17-11/h6-7,9-10H,4-5,8H2,1-3H3. The van der Waals surface area contributed by atoms with Crippen molar-refractivity contribution in [1.29, 1.82) is 0 Å². The molecule has 1 rings (SSSR count). The van der Waals surface area contributed by atoms with Crippen LogP contribution in [-0.4, -0.2) is 18.5 Å². The summed E-state index contributed by atoms with van der Waals surface area (Å²) in [5, 5.41) is 0. The lowest BCUT2D eigenvalue weighted by molar-refractivity contribution is 0.0462. The van der Waals surface area contributed by atoms with Crippen LogP contribution < -0.4 is 0 Å². The van der Waals surface area contributed by atoms with Crippen LogP contribution >= 0.6 is 22.9 Å². The van der Waals surface area contributed by atoms with E-state index in [9.17, 15) is 4.79 Å². The monoisotopic (exact) mass is 274 g/mol. The molecule has 0 amide bonds. The Morgan fingerprint density at radius 3 is 2.65 bits per heavy atom. The zero-order chi connectivity index (χ0) is 12.8. The number of hydrogen-bond donors (Lipinski definition) is 0. The Balaban J connectivity index is 2.32. The average molecular weight is 275 g/mol. The van der Waals surface area contributed by atoms with Gasteiger partial charge in [0.25, 0.3) is 0 Å². The van der Waals surface area contributed by atoms with E-state index in [1.165, 1.54) is 11.3 Å². The lowest BCUT2D eigenvalue weighted by Crippen LogP contribution is -2.20. The summed E-state index contributed by atoms with van der Waals surface area (Å²) in [6, 6.07) is 3.49. The second-order valence-electron chi connectivity index (χ2n) is 4.52. The minimum Gasteiger partial charge on any atom is -0.370 e. The van der Waals surface area contributed by atoms with E-state index in [-0.39, 0.29) is 11.9 Å². The highest BCUT2D eigenvalue weighted by atomic mass is 35.5. The maximum atomic E-state index is 11.9. The van der Waals surface area contributed by atoms with Crippen molar-refractivity contribution < 1.29 is 9.53 Å². The molecule has 0 saturated carbocycles. The molecule has 1 aromatic rings. The second-order valence-corrected chi connectivity index (χ2v) is 6.23. The number of thiophene rings is 1. The summed E-state index contributed by atoms with van der Waals surface area (Å²) in [6.07, 6.45) is 1.75. The Morgan fingerprint density at radius 2 is 2.12 bits per heavy atom. The van der Waals surface area contributed by atoms with Crippen LogP contribution in [0.1, 0.15) is 43.3 Å². The largest absolute Gasteiger partial charge is 0.370 e. The third-order valence-electron chi connectivity index (χ3n) is 2.48. The van der Waals surface area contributed by atoms with E-state index >= 15 is 0 Å². The third kappa shape index (κ3) is 5.19. The molecule has 0 bridgehead atoms. The summed E-state index contributed by atoms with van der Waals surface area (Å²) in [5.41, 5.74) is 0. The van der Waals surface area contributed by atoms with Crippen LogP contribution in [-0.2, 0) is 4.74 Å². The normalized spacial score (nSPS) is 13.0. The first kappa shape index (κ1) is 14.7. The number of hydrogen-bond acceptors (Lipinski definition) is 3. The fraction of sp³-hybridized carbons (Fsp3) is 0.615. The lowest BCUT2D eigenvalue weighted by atomic mass is 10.1. The molecule has 0 aliphatic carbocycles. The average Bonchev–Trinajstić information content (AvgIpc) is 2.69.